The van der Waals surface area contributed by atoms with E-state index in [2.05, 4.69) is 45.9 Å². The van der Waals surface area contributed by atoms with Crippen molar-refractivity contribution in [3.63, 3.8) is 0 Å². The number of hydrogen-bond acceptors (Lipinski definition) is 5. The summed E-state index contributed by atoms with van der Waals surface area (Å²) in [5.74, 6) is 1.05. The van der Waals surface area contributed by atoms with Gasteiger partial charge in [0.15, 0.2) is 0 Å². The molecule has 0 amide bonds. The van der Waals surface area contributed by atoms with Crippen molar-refractivity contribution in [2.45, 2.75) is 17.0 Å². The van der Waals surface area contributed by atoms with Gasteiger partial charge in [-0.3, -0.25) is 0 Å². The minimum Gasteiger partial charge on any atom is -0.480 e. The van der Waals surface area contributed by atoms with E-state index in [1.54, 1.807) is 23.9 Å². The van der Waals surface area contributed by atoms with E-state index in [0.717, 1.165) is 33.7 Å². The molecule has 164 valence electrons. The van der Waals surface area contributed by atoms with Gasteiger partial charge in [-0.1, -0.05) is 35.9 Å². The zero-order chi connectivity index (χ0) is 22.5. The van der Waals surface area contributed by atoms with Crippen LogP contribution in [0.25, 0.3) is 5.70 Å². The predicted octanol–water partition coefficient (Wildman–Crippen LogP) is 6.35. The Morgan fingerprint density at radius 1 is 1.03 bits per heavy atom. The van der Waals surface area contributed by atoms with Crippen molar-refractivity contribution in [2.75, 3.05) is 11.6 Å². The molecule has 0 spiro atoms. The Morgan fingerprint density at radius 3 is 2.55 bits per heavy atom. The molecular weight excluding hydrogens is 459 g/mol. The summed E-state index contributed by atoms with van der Waals surface area (Å²) in [5.41, 5.74) is 4.60. The molecule has 5 nitrogen and oxygen atoms in total. The van der Waals surface area contributed by atoms with Gasteiger partial charge in [0, 0.05) is 21.1 Å². The topological polar surface area (TPSA) is 52.0 Å². The van der Waals surface area contributed by atoms with Crippen LogP contribution in [0.2, 0.25) is 5.02 Å². The Hall–Kier alpha value is -3.29. The lowest BCUT2D eigenvalue weighted by Crippen LogP contribution is -2.32. The number of thioether (sulfide) groups is 1. The number of anilines is 1. The summed E-state index contributed by atoms with van der Waals surface area (Å²) in [6, 6.07) is 20.1. The molecule has 2 atom stereocenters. The molecule has 0 unspecified atom stereocenters. The van der Waals surface area contributed by atoms with Gasteiger partial charge in [0.1, 0.15) is 30.0 Å². The van der Waals surface area contributed by atoms with E-state index < -0.39 is 0 Å². The van der Waals surface area contributed by atoms with Crippen molar-refractivity contribution in [3.05, 3.63) is 106 Å². The molecule has 3 aromatic carbocycles. The Balaban J connectivity index is 1.61. The zero-order valence-corrected chi connectivity index (χ0v) is 19.1. The average molecular weight is 477 g/mol. The van der Waals surface area contributed by atoms with Gasteiger partial charge in [-0.25, -0.2) is 9.07 Å². The van der Waals surface area contributed by atoms with Crippen LogP contribution in [0.5, 0.6) is 5.75 Å². The lowest BCUT2D eigenvalue weighted by Gasteiger charge is -2.39. The first-order chi connectivity index (χ1) is 16.1. The molecule has 1 N–H and O–H groups in total. The molecule has 2 aliphatic rings. The SMILES string of the molecule is CSc1ccc([C@@H]2Oc3ccc(Cl)cc3C3=C2[C@@H](c2ccc(F)cc2)n2ncnc2N3)cc1. The number of fused-ring (bicyclic) bond motifs is 3. The molecule has 0 fully saturated rings. The van der Waals surface area contributed by atoms with Crippen molar-refractivity contribution >= 4 is 35.0 Å². The molecule has 6 rings (SSSR count). The third-order valence-electron chi connectivity index (χ3n) is 5.98. The standard InChI is InChI=1S/C25H18ClFN4OS/c1-33-18-9-4-15(5-10-18)24-21-22(19-12-16(26)6-11-20(19)32-24)30-25-28-13-29-31(25)23(21)14-2-7-17(27)8-3-14/h2-13,23-24H,1H3,(H,28,29,30)/t23-,24+/m1/s1. The maximum atomic E-state index is 13.8. The maximum Gasteiger partial charge on any atom is 0.226 e. The fourth-order valence-corrected chi connectivity index (χ4v) is 5.04. The number of ether oxygens (including phenoxy) is 1. The molecule has 4 aromatic rings. The largest absolute Gasteiger partial charge is 0.480 e. The third kappa shape index (κ3) is 3.39. The van der Waals surface area contributed by atoms with Gasteiger partial charge in [-0.15, -0.1) is 11.8 Å². The van der Waals surface area contributed by atoms with Crippen LogP contribution >= 0.6 is 23.4 Å². The highest BCUT2D eigenvalue weighted by Gasteiger charge is 2.41. The van der Waals surface area contributed by atoms with E-state index in [0.29, 0.717) is 11.0 Å². The minimum absolute atomic E-state index is 0.290. The van der Waals surface area contributed by atoms with Gasteiger partial charge in [0.05, 0.1) is 5.70 Å². The summed E-state index contributed by atoms with van der Waals surface area (Å²) in [6.45, 7) is 0. The van der Waals surface area contributed by atoms with Gasteiger partial charge in [-0.05, 0) is 59.8 Å². The first-order valence-corrected chi connectivity index (χ1v) is 12.0. The normalized spacial score (nSPS) is 18.6. The molecule has 33 heavy (non-hydrogen) atoms. The molecule has 0 saturated heterocycles. The van der Waals surface area contributed by atoms with Crippen LogP contribution < -0.4 is 10.1 Å². The molecule has 0 saturated carbocycles. The first-order valence-electron chi connectivity index (χ1n) is 10.4. The number of nitrogens with one attached hydrogen (secondary N) is 1. The lowest BCUT2D eigenvalue weighted by atomic mass is 9.84. The molecule has 8 heteroatoms. The number of rotatable bonds is 3. The second-order valence-corrected chi connectivity index (χ2v) is 9.17. The molecule has 0 aliphatic carbocycles. The zero-order valence-electron chi connectivity index (χ0n) is 17.5. The Labute approximate surface area is 199 Å². The van der Waals surface area contributed by atoms with Crippen molar-refractivity contribution < 1.29 is 9.13 Å². The van der Waals surface area contributed by atoms with Gasteiger partial charge >= 0.3 is 0 Å². The smallest absolute Gasteiger partial charge is 0.226 e. The molecule has 0 bridgehead atoms. The summed E-state index contributed by atoms with van der Waals surface area (Å²) >= 11 is 8.05. The number of halogens is 2. The van der Waals surface area contributed by atoms with Crippen molar-refractivity contribution in [3.8, 4) is 5.75 Å². The second-order valence-electron chi connectivity index (χ2n) is 7.85. The molecule has 2 aliphatic heterocycles. The van der Waals surface area contributed by atoms with Gasteiger partial charge < -0.3 is 10.1 Å². The van der Waals surface area contributed by atoms with E-state index >= 15 is 0 Å². The number of benzene rings is 3. The van der Waals surface area contributed by atoms with E-state index in [1.165, 1.54) is 23.4 Å². The quantitative estimate of drug-likeness (QED) is 0.349. The average Bonchev–Trinajstić information content (AvgIpc) is 3.31. The van der Waals surface area contributed by atoms with Crippen molar-refractivity contribution in [1.29, 1.82) is 0 Å². The second kappa shape index (κ2) is 7.93. The van der Waals surface area contributed by atoms with Crippen LogP contribution in [0.15, 0.2) is 83.5 Å². The molecule has 1 aromatic heterocycles. The fraction of sp³-hybridized carbons (Fsp3) is 0.120. The van der Waals surface area contributed by atoms with Crippen LogP contribution in [0.4, 0.5) is 10.3 Å². The third-order valence-corrected chi connectivity index (χ3v) is 6.96. The van der Waals surface area contributed by atoms with E-state index in [9.17, 15) is 4.39 Å². The Kier molecular flexibility index (Phi) is 4.89. The maximum absolute atomic E-state index is 13.8. The van der Waals surface area contributed by atoms with E-state index in [4.69, 9.17) is 16.3 Å². The highest BCUT2D eigenvalue weighted by Crippen LogP contribution is 2.51. The van der Waals surface area contributed by atoms with Gasteiger partial charge in [0.2, 0.25) is 5.95 Å². The van der Waals surface area contributed by atoms with Crippen molar-refractivity contribution in [2.24, 2.45) is 0 Å². The number of hydrogen-bond donors (Lipinski definition) is 1. The van der Waals surface area contributed by atoms with Gasteiger partial charge in [0.25, 0.3) is 0 Å². The van der Waals surface area contributed by atoms with E-state index in [-0.39, 0.29) is 18.0 Å². The fourth-order valence-electron chi connectivity index (χ4n) is 4.46. The Morgan fingerprint density at radius 2 is 1.79 bits per heavy atom. The lowest BCUT2D eigenvalue weighted by molar-refractivity contribution is 0.223. The highest BCUT2D eigenvalue weighted by molar-refractivity contribution is 7.98. The monoisotopic (exact) mass is 476 g/mol. The summed E-state index contributed by atoms with van der Waals surface area (Å²) in [4.78, 5) is 5.59. The predicted molar refractivity (Wildman–Crippen MR) is 128 cm³/mol. The first kappa shape index (κ1) is 20.3. The van der Waals surface area contributed by atoms with Crippen LogP contribution in [-0.2, 0) is 0 Å². The summed E-state index contributed by atoms with van der Waals surface area (Å²) < 4.78 is 22.2. The minimum atomic E-state index is -0.385. The molecule has 3 heterocycles. The van der Waals surface area contributed by atoms with Crippen LogP contribution in [-0.4, -0.2) is 21.0 Å². The van der Waals surface area contributed by atoms with Crippen LogP contribution in [0.1, 0.15) is 28.8 Å². The highest BCUT2D eigenvalue weighted by atomic mass is 35.5. The van der Waals surface area contributed by atoms with E-state index in [1.807, 2.05) is 22.9 Å². The summed E-state index contributed by atoms with van der Waals surface area (Å²) in [6.07, 6.45) is 3.18. The molecular formula is C25H18ClFN4OS. The number of nitrogens with zero attached hydrogens (tertiary/aromatic N) is 3. The van der Waals surface area contributed by atoms with Gasteiger partial charge in [-0.2, -0.15) is 10.1 Å². The molecule has 0 radical (unpaired) electrons. The van der Waals surface area contributed by atoms with Crippen molar-refractivity contribution in [1.82, 2.24) is 14.8 Å². The summed E-state index contributed by atoms with van der Waals surface area (Å²) in [5, 5.41) is 8.55. The van der Waals surface area contributed by atoms with Crippen LogP contribution in [0, 0.1) is 5.82 Å². The number of aromatic nitrogens is 3. The summed E-state index contributed by atoms with van der Waals surface area (Å²) in [7, 11) is 0. The van der Waals surface area contributed by atoms with Crippen LogP contribution in [0.3, 0.4) is 0 Å². The Bertz CT molecular complexity index is 1380.